The van der Waals surface area contributed by atoms with Crippen LogP contribution in [0, 0.1) is 0 Å². The summed E-state index contributed by atoms with van der Waals surface area (Å²) in [7, 11) is 0. The molecule has 0 unspecified atom stereocenters. The van der Waals surface area contributed by atoms with Crippen molar-refractivity contribution in [2.45, 2.75) is 247 Å². The minimum atomic E-state index is 0.625. The van der Waals surface area contributed by atoms with Gasteiger partial charge in [-0.2, -0.15) is 15.0 Å². The zero-order chi connectivity index (χ0) is 49.5. The van der Waals surface area contributed by atoms with E-state index in [1.54, 1.807) is 0 Å². The lowest BCUT2D eigenvalue weighted by atomic mass is 10.0. The number of fused-ring (bicyclic) bond motifs is 4. The topological polar surface area (TPSA) is 57.2 Å². The van der Waals surface area contributed by atoms with Gasteiger partial charge in [0.2, 0.25) is 17.8 Å². The molecule has 0 aliphatic carbocycles. The summed E-state index contributed by atoms with van der Waals surface area (Å²) in [6.07, 6.45) is 37.9. The van der Waals surface area contributed by atoms with Crippen LogP contribution in [0.25, 0.3) is 0 Å². The molecule has 6 nitrogen and oxygen atoms in total. The molecule has 8 heteroatoms. The van der Waals surface area contributed by atoms with Crippen molar-refractivity contribution in [3.05, 3.63) is 95.1 Å². The molecule has 0 saturated heterocycles. The lowest BCUT2D eigenvalue weighted by Crippen LogP contribution is -2.23. The van der Waals surface area contributed by atoms with Gasteiger partial charge < -0.3 is 5.32 Å². The Kier molecular flexibility index (Phi) is 23.3. The molecule has 3 heterocycles. The fraction of sp³-hybridized carbons (Fsp3) is 0.571. The monoisotopic (exact) mass is 995 g/mol. The van der Waals surface area contributed by atoms with Crippen LogP contribution in [0.5, 0.6) is 0 Å². The first-order valence-electron chi connectivity index (χ1n) is 29.0. The Labute approximate surface area is 440 Å². The third-order valence-electron chi connectivity index (χ3n) is 14.6. The molecular formula is C63H90N6S2. The molecule has 1 N–H and O–H groups in total. The average Bonchev–Trinajstić information content (AvgIpc) is 3.38. The van der Waals surface area contributed by atoms with E-state index >= 15 is 0 Å². The van der Waals surface area contributed by atoms with Gasteiger partial charge in [0.1, 0.15) is 0 Å². The number of hydrogen-bond donors (Lipinski definition) is 1. The molecular weight excluding hydrogens is 905 g/mol. The summed E-state index contributed by atoms with van der Waals surface area (Å²) < 4.78 is 0. The summed E-state index contributed by atoms with van der Waals surface area (Å²) in [5.74, 6) is 1.94. The molecule has 7 rings (SSSR count). The molecule has 1 aromatic heterocycles. The van der Waals surface area contributed by atoms with Crippen LogP contribution in [0.4, 0.5) is 40.6 Å². The maximum atomic E-state index is 5.61. The Balaban J connectivity index is 1.27. The molecule has 0 fully saturated rings. The van der Waals surface area contributed by atoms with Crippen molar-refractivity contribution >= 4 is 64.1 Å². The van der Waals surface area contributed by atoms with Crippen molar-refractivity contribution in [1.29, 1.82) is 0 Å². The highest BCUT2D eigenvalue weighted by atomic mass is 32.2. The quantitative estimate of drug-likeness (QED) is 0.0401. The van der Waals surface area contributed by atoms with Crippen LogP contribution < -0.4 is 15.1 Å². The fourth-order valence-corrected chi connectivity index (χ4v) is 12.7. The lowest BCUT2D eigenvalue weighted by molar-refractivity contribution is 0.607. The van der Waals surface area contributed by atoms with Gasteiger partial charge in [0.15, 0.2) is 0 Å². The zero-order valence-electron chi connectivity index (χ0n) is 44.9. The van der Waals surface area contributed by atoms with Gasteiger partial charge in [0.25, 0.3) is 0 Å². The summed E-state index contributed by atoms with van der Waals surface area (Å²) >= 11 is 3.85. The van der Waals surface area contributed by atoms with Gasteiger partial charge in [-0.05, 0) is 129 Å². The molecule has 71 heavy (non-hydrogen) atoms. The van der Waals surface area contributed by atoms with Crippen molar-refractivity contribution in [2.75, 3.05) is 21.7 Å². The standard InChI is InChI=1S/C63H90N6S2/c1-6-11-16-20-24-28-32-49-36-40-53-57(45-49)70-58-46-50(33-29-25-21-17-12-7-2)37-41-54(58)68(53)62-65-61(64-44-15-10-5)66-63(67-62)69-55-42-38-51(34-30-26-22-18-13-8-3)47-59(55)71-60-48-52(39-43-56(60)69)35-31-27-23-19-14-9-4/h36-43,45-48H,6-35,44H2,1-5H3,(H,64,65,66,67). The first-order valence-corrected chi connectivity index (χ1v) is 30.6. The van der Waals surface area contributed by atoms with E-state index in [0.29, 0.717) is 17.8 Å². The molecule has 2 aliphatic heterocycles. The maximum Gasteiger partial charge on any atom is 0.241 e. The molecule has 4 aromatic carbocycles. The van der Waals surface area contributed by atoms with Crippen LogP contribution in [0.1, 0.15) is 224 Å². The number of rotatable bonds is 34. The number of nitrogens with zero attached hydrogens (tertiary/aromatic N) is 5. The largest absolute Gasteiger partial charge is 0.354 e. The lowest BCUT2D eigenvalue weighted by Gasteiger charge is -2.34. The maximum absolute atomic E-state index is 5.61. The van der Waals surface area contributed by atoms with Crippen LogP contribution in [-0.4, -0.2) is 21.5 Å². The normalized spacial score (nSPS) is 12.7. The second-order valence-electron chi connectivity index (χ2n) is 20.7. The van der Waals surface area contributed by atoms with Crippen LogP contribution in [0.2, 0.25) is 0 Å². The molecule has 0 bridgehead atoms. The molecule has 0 amide bonds. The van der Waals surface area contributed by atoms with E-state index in [4.69, 9.17) is 15.0 Å². The van der Waals surface area contributed by atoms with Gasteiger partial charge in [-0.3, -0.25) is 9.80 Å². The summed E-state index contributed by atoms with van der Waals surface area (Å²) in [6.45, 7) is 12.3. The summed E-state index contributed by atoms with van der Waals surface area (Å²) in [6, 6.07) is 28.7. The second-order valence-corrected chi connectivity index (χ2v) is 22.9. The van der Waals surface area contributed by atoms with Crippen LogP contribution >= 0.6 is 23.5 Å². The summed E-state index contributed by atoms with van der Waals surface area (Å²) in [5, 5.41) is 3.68. The minimum absolute atomic E-state index is 0.625. The van der Waals surface area contributed by atoms with E-state index in [1.165, 1.54) is 196 Å². The highest BCUT2D eigenvalue weighted by Crippen LogP contribution is 2.54. The first kappa shape index (κ1) is 54.8. The first-order chi connectivity index (χ1) is 35.0. The van der Waals surface area contributed by atoms with Gasteiger partial charge in [-0.1, -0.05) is 217 Å². The van der Waals surface area contributed by atoms with Gasteiger partial charge >= 0.3 is 0 Å². The summed E-state index contributed by atoms with van der Waals surface area (Å²) in [4.78, 5) is 26.1. The smallest absolute Gasteiger partial charge is 0.241 e. The second kappa shape index (κ2) is 30.2. The molecule has 2 aliphatic rings. The molecule has 384 valence electrons. The van der Waals surface area contributed by atoms with Crippen molar-refractivity contribution in [3.63, 3.8) is 0 Å². The van der Waals surface area contributed by atoms with E-state index in [0.717, 1.165) is 67.8 Å². The Morgan fingerprint density at radius 2 is 0.620 bits per heavy atom. The molecule has 0 atom stereocenters. The highest BCUT2D eigenvalue weighted by molar-refractivity contribution is 8.00. The number of hydrogen-bond acceptors (Lipinski definition) is 8. The predicted octanol–water partition coefficient (Wildman–Crippen LogP) is 20.6. The zero-order valence-corrected chi connectivity index (χ0v) is 46.5. The average molecular weight is 996 g/mol. The SMILES string of the molecule is CCCCCCCCc1ccc2c(c1)Sc1cc(CCCCCCCC)ccc1N2c1nc(NCCCC)nc(N2c3ccc(CCCCCCCC)cc3Sc3cc(CCCCCCCC)ccc32)n1. The van der Waals surface area contributed by atoms with Gasteiger partial charge in [0.05, 0.1) is 22.7 Å². The van der Waals surface area contributed by atoms with Crippen molar-refractivity contribution < 1.29 is 0 Å². The number of anilines is 7. The van der Waals surface area contributed by atoms with E-state index < -0.39 is 0 Å². The minimum Gasteiger partial charge on any atom is -0.354 e. The van der Waals surface area contributed by atoms with Gasteiger partial charge in [-0.25, -0.2) is 0 Å². The van der Waals surface area contributed by atoms with Crippen molar-refractivity contribution in [1.82, 2.24) is 15.0 Å². The van der Waals surface area contributed by atoms with Gasteiger partial charge in [0, 0.05) is 26.1 Å². The number of benzene rings is 4. The molecule has 0 saturated carbocycles. The van der Waals surface area contributed by atoms with E-state index in [9.17, 15) is 0 Å². The third kappa shape index (κ3) is 16.2. The van der Waals surface area contributed by atoms with Crippen LogP contribution in [0.3, 0.4) is 0 Å². The Morgan fingerprint density at radius 1 is 0.338 bits per heavy atom. The molecule has 5 aromatic rings. The Morgan fingerprint density at radius 3 is 0.915 bits per heavy atom. The molecule has 0 spiro atoms. The van der Waals surface area contributed by atoms with E-state index in [-0.39, 0.29) is 0 Å². The Bertz CT molecular complexity index is 2080. The third-order valence-corrected chi connectivity index (χ3v) is 16.8. The van der Waals surface area contributed by atoms with E-state index in [1.807, 2.05) is 23.5 Å². The van der Waals surface area contributed by atoms with Crippen molar-refractivity contribution in [3.8, 4) is 0 Å². The number of nitrogens with one attached hydrogen (secondary N) is 1. The number of aromatic nitrogens is 3. The Hall–Kier alpha value is -4.01. The van der Waals surface area contributed by atoms with Crippen LogP contribution in [0.15, 0.2) is 92.4 Å². The van der Waals surface area contributed by atoms with Gasteiger partial charge in [-0.15, -0.1) is 0 Å². The van der Waals surface area contributed by atoms with Crippen LogP contribution in [-0.2, 0) is 25.7 Å². The predicted molar refractivity (Wildman–Crippen MR) is 309 cm³/mol. The summed E-state index contributed by atoms with van der Waals surface area (Å²) in [5.41, 5.74) is 10.2. The molecule has 0 radical (unpaired) electrons. The number of aryl methyl sites for hydroxylation is 4. The van der Waals surface area contributed by atoms with E-state index in [2.05, 4.69) is 123 Å². The fourth-order valence-electron chi connectivity index (χ4n) is 10.3. The number of unbranched alkanes of at least 4 members (excludes halogenated alkanes) is 21. The van der Waals surface area contributed by atoms with Crippen molar-refractivity contribution in [2.24, 2.45) is 0 Å². The highest BCUT2D eigenvalue weighted by Gasteiger charge is 2.32.